The summed E-state index contributed by atoms with van der Waals surface area (Å²) in [4.78, 5) is 36.6. The van der Waals surface area contributed by atoms with E-state index >= 15 is 0 Å². The van der Waals surface area contributed by atoms with Crippen molar-refractivity contribution in [3.05, 3.63) is 64.4 Å². The van der Waals surface area contributed by atoms with Crippen LogP contribution in [0, 0.1) is 0 Å². The molecular formula is C23H24ClN5O5S. The Balaban J connectivity index is 1.57. The lowest BCUT2D eigenvalue weighted by molar-refractivity contribution is -0.113. The van der Waals surface area contributed by atoms with E-state index in [1.165, 1.54) is 31.0 Å². The average molecular weight is 518 g/mol. The number of hydrogen-bond donors (Lipinski definition) is 2. The molecule has 184 valence electrons. The Morgan fingerprint density at radius 3 is 2.49 bits per heavy atom. The number of nitrogens with zero attached hydrogens (tertiary/aromatic N) is 3. The number of thioether (sulfide) groups is 1. The van der Waals surface area contributed by atoms with Crippen molar-refractivity contribution in [2.45, 2.75) is 25.2 Å². The minimum atomic E-state index is -0.594. The minimum absolute atomic E-state index is 0.0620. The standard InChI is InChI=1S/C23H24ClN5O5S/c1-4-29-19(12-25-21(31)14-5-8-16(33-2)9-6-14)27-28-23(29)35-13-20(30)26-15-7-10-18(24)17(11-15)22(32)34-3/h5-11H,4,12-13H2,1-3H3,(H,25,31)(H,26,30). The molecule has 1 aromatic heterocycles. The molecular weight excluding hydrogens is 494 g/mol. The maximum Gasteiger partial charge on any atom is 0.339 e. The predicted octanol–water partition coefficient (Wildman–Crippen LogP) is 3.41. The molecule has 0 fully saturated rings. The maximum absolute atomic E-state index is 12.4. The van der Waals surface area contributed by atoms with Gasteiger partial charge >= 0.3 is 5.97 Å². The molecule has 2 aromatic carbocycles. The smallest absolute Gasteiger partial charge is 0.339 e. The van der Waals surface area contributed by atoms with Crippen LogP contribution in [0.15, 0.2) is 47.6 Å². The van der Waals surface area contributed by atoms with Crippen LogP contribution in [-0.2, 0) is 22.6 Å². The van der Waals surface area contributed by atoms with Gasteiger partial charge in [-0.2, -0.15) is 0 Å². The van der Waals surface area contributed by atoms with Crippen LogP contribution in [0.1, 0.15) is 33.5 Å². The van der Waals surface area contributed by atoms with Crippen LogP contribution in [0.25, 0.3) is 0 Å². The van der Waals surface area contributed by atoms with Crippen LogP contribution in [-0.4, -0.2) is 52.5 Å². The van der Waals surface area contributed by atoms with Gasteiger partial charge in [0.25, 0.3) is 5.91 Å². The van der Waals surface area contributed by atoms with Crippen molar-refractivity contribution in [1.29, 1.82) is 0 Å². The SMILES string of the molecule is CCn1c(CNC(=O)c2ccc(OC)cc2)nnc1SCC(=O)Nc1ccc(Cl)c(C(=O)OC)c1. The molecule has 2 amide bonds. The molecule has 2 N–H and O–H groups in total. The number of hydrogen-bond acceptors (Lipinski definition) is 8. The lowest BCUT2D eigenvalue weighted by Crippen LogP contribution is -2.24. The first-order valence-electron chi connectivity index (χ1n) is 10.5. The summed E-state index contributed by atoms with van der Waals surface area (Å²) in [5.74, 6) is 0.153. The molecule has 0 aliphatic carbocycles. The molecule has 0 saturated carbocycles. The fourth-order valence-corrected chi connectivity index (χ4v) is 4.09. The number of carbonyl (C=O) groups excluding carboxylic acids is 3. The number of benzene rings is 2. The van der Waals surface area contributed by atoms with E-state index in [1.807, 2.05) is 11.5 Å². The average Bonchev–Trinajstić information content (AvgIpc) is 3.28. The van der Waals surface area contributed by atoms with Crippen LogP contribution < -0.4 is 15.4 Å². The topological polar surface area (TPSA) is 124 Å². The third-order valence-corrected chi connectivity index (χ3v) is 6.15. The molecule has 0 atom stereocenters. The first-order chi connectivity index (χ1) is 16.9. The molecule has 1 heterocycles. The summed E-state index contributed by atoms with van der Waals surface area (Å²) < 4.78 is 11.6. The summed E-state index contributed by atoms with van der Waals surface area (Å²) >= 11 is 7.21. The van der Waals surface area contributed by atoms with E-state index in [0.29, 0.717) is 34.5 Å². The van der Waals surface area contributed by atoms with Gasteiger partial charge in [0.05, 0.1) is 37.1 Å². The quantitative estimate of drug-likeness (QED) is 0.309. The predicted molar refractivity (Wildman–Crippen MR) is 132 cm³/mol. The molecule has 35 heavy (non-hydrogen) atoms. The highest BCUT2D eigenvalue weighted by atomic mass is 35.5. The van der Waals surface area contributed by atoms with E-state index in [4.69, 9.17) is 16.3 Å². The second kappa shape index (κ2) is 12.2. The Bertz CT molecular complexity index is 1220. The van der Waals surface area contributed by atoms with Crippen LogP contribution in [0.5, 0.6) is 5.75 Å². The van der Waals surface area contributed by atoms with Crippen molar-refractivity contribution < 1.29 is 23.9 Å². The summed E-state index contributed by atoms with van der Waals surface area (Å²) in [5, 5.41) is 14.6. The zero-order valence-corrected chi connectivity index (χ0v) is 20.9. The molecule has 3 rings (SSSR count). The Hall–Kier alpha value is -3.57. The maximum atomic E-state index is 12.4. The molecule has 10 nitrogen and oxygen atoms in total. The van der Waals surface area contributed by atoms with Gasteiger partial charge < -0.3 is 24.7 Å². The molecule has 12 heteroatoms. The number of anilines is 1. The number of amides is 2. The van der Waals surface area contributed by atoms with Crippen molar-refractivity contribution in [3.63, 3.8) is 0 Å². The van der Waals surface area contributed by atoms with Crippen molar-refractivity contribution in [2.75, 3.05) is 25.3 Å². The monoisotopic (exact) mass is 517 g/mol. The molecule has 0 aliphatic heterocycles. The first-order valence-corrected chi connectivity index (χ1v) is 11.9. The van der Waals surface area contributed by atoms with E-state index in [-0.39, 0.29) is 34.7 Å². The zero-order chi connectivity index (χ0) is 25.4. The third kappa shape index (κ3) is 6.74. The highest BCUT2D eigenvalue weighted by molar-refractivity contribution is 7.99. The number of nitrogens with one attached hydrogen (secondary N) is 2. The summed E-state index contributed by atoms with van der Waals surface area (Å²) in [6, 6.07) is 11.3. The van der Waals surface area contributed by atoms with Crippen molar-refractivity contribution in [3.8, 4) is 5.75 Å². The number of aromatic nitrogens is 3. The number of rotatable bonds is 10. The minimum Gasteiger partial charge on any atom is -0.497 e. The third-order valence-electron chi connectivity index (χ3n) is 4.86. The van der Waals surface area contributed by atoms with Gasteiger partial charge in [-0.1, -0.05) is 23.4 Å². The first kappa shape index (κ1) is 26.0. The van der Waals surface area contributed by atoms with E-state index in [9.17, 15) is 14.4 Å². The highest BCUT2D eigenvalue weighted by Crippen LogP contribution is 2.22. The van der Waals surface area contributed by atoms with Gasteiger partial charge in [0.15, 0.2) is 11.0 Å². The second-order valence-electron chi connectivity index (χ2n) is 7.08. The van der Waals surface area contributed by atoms with E-state index < -0.39 is 5.97 Å². The Morgan fingerprint density at radius 2 is 1.83 bits per heavy atom. The van der Waals surface area contributed by atoms with Crippen molar-refractivity contribution in [1.82, 2.24) is 20.1 Å². The van der Waals surface area contributed by atoms with Crippen molar-refractivity contribution in [2.24, 2.45) is 0 Å². The lowest BCUT2D eigenvalue weighted by Gasteiger charge is -2.10. The summed E-state index contributed by atoms with van der Waals surface area (Å²) in [5.41, 5.74) is 1.07. The number of methoxy groups -OCH3 is 2. The van der Waals surface area contributed by atoms with Gasteiger partial charge in [-0.05, 0) is 49.4 Å². The summed E-state index contributed by atoms with van der Waals surface area (Å²) in [6.07, 6.45) is 0. The number of ether oxygens (including phenoxy) is 2. The van der Waals surface area contributed by atoms with E-state index in [0.717, 1.165) is 0 Å². The summed E-state index contributed by atoms with van der Waals surface area (Å²) in [7, 11) is 2.81. The number of carbonyl (C=O) groups is 3. The largest absolute Gasteiger partial charge is 0.497 e. The molecule has 0 aliphatic rings. The van der Waals surface area contributed by atoms with Gasteiger partial charge in [0.2, 0.25) is 5.91 Å². The second-order valence-corrected chi connectivity index (χ2v) is 8.43. The van der Waals surface area contributed by atoms with Crippen LogP contribution >= 0.6 is 23.4 Å². The van der Waals surface area contributed by atoms with Gasteiger partial charge in [0.1, 0.15) is 5.75 Å². The Labute approximate surface area is 211 Å². The molecule has 0 spiro atoms. The summed E-state index contributed by atoms with van der Waals surface area (Å²) in [6.45, 7) is 2.66. The van der Waals surface area contributed by atoms with Gasteiger partial charge in [-0.25, -0.2) is 4.79 Å². The van der Waals surface area contributed by atoms with E-state index in [1.54, 1.807) is 37.4 Å². The van der Waals surface area contributed by atoms with Crippen molar-refractivity contribution >= 4 is 46.8 Å². The fraction of sp³-hybridized carbons (Fsp3) is 0.261. The molecule has 0 saturated heterocycles. The highest BCUT2D eigenvalue weighted by Gasteiger charge is 2.16. The molecule has 0 bridgehead atoms. The van der Waals surface area contributed by atoms with Crippen LogP contribution in [0.3, 0.4) is 0 Å². The van der Waals surface area contributed by atoms with E-state index in [2.05, 4.69) is 25.6 Å². The molecule has 0 radical (unpaired) electrons. The Kier molecular flexibility index (Phi) is 9.10. The van der Waals surface area contributed by atoms with Crippen LogP contribution in [0.4, 0.5) is 5.69 Å². The van der Waals surface area contributed by atoms with Gasteiger partial charge in [-0.15, -0.1) is 10.2 Å². The molecule has 0 unspecified atom stereocenters. The fourth-order valence-electron chi connectivity index (χ4n) is 3.07. The molecule has 3 aromatic rings. The normalized spacial score (nSPS) is 10.5. The number of halogens is 1. The number of esters is 1. The van der Waals surface area contributed by atoms with Crippen LogP contribution in [0.2, 0.25) is 5.02 Å². The zero-order valence-electron chi connectivity index (χ0n) is 19.3. The van der Waals surface area contributed by atoms with Gasteiger partial charge in [-0.3, -0.25) is 9.59 Å². The lowest BCUT2D eigenvalue weighted by atomic mass is 10.2. The van der Waals surface area contributed by atoms with Gasteiger partial charge in [0, 0.05) is 17.8 Å². The Morgan fingerprint density at radius 1 is 1.09 bits per heavy atom.